The summed E-state index contributed by atoms with van der Waals surface area (Å²) in [6, 6.07) is 12.5. The fraction of sp³-hybridized carbons (Fsp3) is 0.312. The van der Waals surface area contributed by atoms with Gasteiger partial charge in [-0.3, -0.25) is 0 Å². The van der Waals surface area contributed by atoms with E-state index in [0.717, 1.165) is 23.6 Å². The normalized spacial score (nSPS) is 11.3. The molecule has 3 heteroatoms. The molecule has 19 heavy (non-hydrogen) atoms. The van der Waals surface area contributed by atoms with Crippen LogP contribution in [-0.4, -0.2) is 11.5 Å². The quantitative estimate of drug-likeness (QED) is 0.880. The highest BCUT2D eigenvalue weighted by atomic mass is 15.0. The smallest absolute Gasteiger partial charge is 0.126 e. The van der Waals surface area contributed by atoms with Gasteiger partial charge in [0.1, 0.15) is 5.82 Å². The molecular formula is C16H21N3. The van der Waals surface area contributed by atoms with Crippen molar-refractivity contribution in [3.8, 4) is 0 Å². The predicted molar refractivity (Wildman–Crippen MR) is 81.3 cm³/mol. The maximum Gasteiger partial charge on any atom is 0.126 e. The molecule has 0 saturated carbocycles. The van der Waals surface area contributed by atoms with Crippen LogP contribution in [0.2, 0.25) is 0 Å². The molecule has 1 aromatic carbocycles. The predicted octanol–water partition coefficient (Wildman–Crippen LogP) is 3.36. The Morgan fingerprint density at radius 1 is 1.21 bits per heavy atom. The van der Waals surface area contributed by atoms with Crippen LogP contribution in [0.25, 0.3) is 0 Å². The van der Waals surface area contributed by atoms with Gasteiger partial charge in [0.15, 0.2) is 0 Å². The summed E-state index contributed by atoms with van der Waals surface area (Å²) in [6.45, 7) is 7.26. The standard InChI is InChI=1S/C16H21N3/c1-12-9-15(18-10-14(12)17)19-11-16(2,3)13-7-5-4-6-8-13/h4-10H,11,17H2,1-3H3,(H,18,19). The average Bonchev–Trinajstić information content (AvgIpc) is 2.41. The molecule has 0 radical (unpaired) electrons. The minimum atomic E-state index is 0.0538. The van der Waals surface area contributed by atoms with E-state index in [2.05, 4.69) is 48.4 Å². The van der Waals surface area contributed by atoms with Crippen molar-refractivity contribution >= 4 is 11.5 Å². The Morgan fingerprint density at radius 3 is 2.53 bits per heavy atom. The van der Waals surface area contributed by atoms with Crippen LogP contribution in [0.4, 0.5) is 11.5 Å². The third kappa shape index (κ3) is 3.25. The molecule has 0 bridgehead atoms. The number of aromatic nitrogens is 1. The number of anilines is 2. The number of pyridine rings is 1. The SMILES string of the molecule is Cc1cc(NCC(C)(C)c2ccccc2)ncc1N. The molecular weight excluding hydrogens is 234 g/mol. The number of nitrogens with zero attached hydrogens (tertiary/aromatic N) is 1. The van der Waals surface area contributed by atoms with Gasteiger partial charge in [-0.15, -0.1) is 0 Å². The zero-order valence-corrected chi connectivity index (χ0v) is 11.8. The van der Waals surface area contributed by atoms with Gasteiger partial charge in [-0.25, -0.2) is 4.98 Å². The van der Waals surface area contributed by atoms with Crippen molar-refractivity contribution < 1.29 is 0 Å². The second kappa shape index (κ2) is 5.31. The average molecular weight is 255 g/mol. The van der Waals surface area contributed by atoms with Crippen molar-refractivity contribution in [1.82, 2.24) is 4.98 Å². The van der Waals surface area contributed by atoms with E-state index in [1.807, 2.05) is 19.1 Å². The molecule has 0 saturated heterocycles. The first-order chi connectivity index (χ1) is 8.99. The van der Waals surface area contributed by atoms with Crippen LogP contribution in [0.15, 0.2) is 42.6 Å². The fourth-order valence-electron chi connectivity index (χ4n) is 1.97. The largest absolute Gasteiger partial charge is 0.397 e. The van der Waals surface area contributed by atoms with Crippen molar-refractivity contribution in [2.24, 2.45) is 0 Å². The number of nitrogens with one attached hydrogen (secondary N) is 1. The van der Waals surface area contributed by atoms with Crippen LogP contribution in [0.5, 0.6) is 0 Å². The van der Waals surface area contributed by atoms with Crippen molar-refractivity contribution in [3.63, 3.8) is 0 Å². The summed E-state index contributed by atoms with van der Waals surface area (Å²) >= 11 is 0. The van der Waals surface area contributed by atoms with Gasteiger partial charge in [0.2, 0.25) is 0 Å². The van der Waals surface area contributed by atoms with Crippen molar-refractivity contribution in [3.05, 3.63) is 53.7 Å². The lowest BCUT2D eigenvalue weighted by atomic mass is 9.84. The second-order valence-corrected chi connectivity index (χ2v) is 5.53. The Hall–Kier alpha value is -2.03. The highest BCUT2D eigenvalue weighted by Gasteiger charge is 2.20. The zero-order valence-electron chi connectivity index (χ0n) is 11.8. The molecule has 0 aliphatic rings. The number of nitrogen functional groups attached to an aromatic ring is 1. The molecule has 1 aromatic heterocycles. The first-order valence-electron chi connectivity index (χ1n) is 6.50. The Labute approximate surface area is 114 Å². The van der Waals surface area contributed by atoms with Gasteiger partial charge in [-0.05, 0) is 24.1 Å². The second-order valence-electron chi connectivity index (χ2n) is 5.53. The van der Waals surface area contributed by atoms with Crippen molar-refractivity contribution in [1.29, 1.82) is 0 Å². The summed E-state index contributed by atoms with van der Waals surface area (Å²) in [5.41, 5.74) is 8.92. The fourth-order valence-corrected chi connectivity index (χ4v) is 1.97. The molecule has 3 nitrogen and oxygen atoms in total. The Bertz CT molecular complexity index is 547. The van der Waals surface area contributed by atoms with Crippen molar-refractivity contribution in [2.75, 3.05) is 17.6 Å². The van der Waals surface area contributed by atoms with Gasteiger partial charge in [0.25, 0.3) is 0 Å². The molecule has 2 rings (SSSR count). The minimum absolute atomic E-state index is 0.0538. The lowest BCUT2D eigenvalue weighted by molar-refractivity contribution is 0.556. The van der Waals surface area contributed by atoms with E-state index in [4.69, 9.17) is 5.73 Å². The third-order valence-electron chi connectivity index (χ3n) is 3.42. The molecule has 0 unspecified atom stereocenters. The molecule has 0 amide bonds. The summed E-state index contributed by atoms with van der Waals surface area (Å²) in [5, 5.41) is 3.38. The monoisotopic (exact) mass is 255 g/mol. The Morgan fingerprint density at radius 2 is 1.89 bits per heavy atom. The summed E-state index contributed by atoms with van der Waals surface area (Å²) < 4.78 is 0. The van der Waals surface area contributed by atoms with E-state index in [1.54, 1.807) is 6.20 Å². The lowest BCUT2D eigenvalue weighted by Gasteiger charge is -2.26. The van der Waals surface area contributed by atoms with Gasteiger partial charge in [0.05, 0.1) is 11.9 Å². The number of hydrogen-bond acceptors (Lipinski definition) is 3. The van der Waals surface area contributed by atoms with Crippen LogP contribution in [0.1, 0.15) is 25.0 Å². The van der Waals surface area contributed by atoms with E-state index in [1.165, 1.54) is 5.56 Å². The van der Waals surface area contributed by atoms with E-state index < -0.39 is 0 Å². The molecule has 0 atom stereocenters. The summed E-state index contributed by atoms with van der Waals surface area (Å²) in [7, 11) is 0. The number of aryl methyl sites for hydroxylation is 1. The van der Waals surface area contributed by atoms with Crippen molar-refractivity contribution in [2.45, 2.75) is 26.2 Å². The van der Waals surface area contributed by atoms with E-state index in [0.29, 0.717) is 0 Å². The highest BCUT2D eigenvalue weighted by Crippen LogP contribution is 2.23. The van der Waals surface area contributed by atoms with E-state index in [9.17, 15) is 0 Å². The Kier molecular flexibility index (Phi) is 3.74. The first-order valence-corrected chi connectivity index (χ1v) is 6.50. The maximum absolute atomic E-state index is 5.77. The van der Waals surface area contributed by atoms with Gasteiger partial charge in [0, 0.05) is 12.0 Å². The van der Waals surface area contributed by atoms with Gasteiger partial charge in [-0.1, -0.05) is 44.2 Å². The van der Waals surface area contributed by atoms with Crippen LogP contribution in [-0.2, 0) is 5.41 Å². The number of benzene rings is 1. The minimum Gasteiger partial charge on any atom is -0.397 e. The molecule has 0 aliphatic heterocycles. The summed E-state index contributed by atoms with van der Waals surface area (Å²) in [4.78, 5) is 4.30. The molecule has 2 aromatic rings. The molecule has 1 heterocycles. The van der Waals surface area contributed by atoms with Gasteiger partial charge in [-0.2, -0.15) is 0 Å². The van der Waals surface area contributed by atoms with E-state index in [-0.39, 0.29) is 5.41 Å². The van der Waals surface area contributed by atoms with Crippen LogP contribution in [0, 0.1) is 6.92 Å². The maximum atomic E-state index is 5.77. The zero-order chi connectivity index (χ0) is 13.9. The highest BCUT2D eigenvalue weighted by molar-refractivity contribution is 5.51. The van der Waals surface area contributed by atoms with Crippen LogP contribution in [0.3, 0.4) is 0 Å². The van der Waals surface area contributed by atoms with Gasteiger partial charge >= 0.3 is 0 Å². The Balaban J connectivity index is 2.07. The topological polar surface area (TPSA) is 50.9 Å². The number of rotatable bonds is 4. The van der Waals surface area contributed by atoms with Crippen LogP contribution < -0.4 is 11.1 Å². The number of nitrogens with two attached hydrogens (primary N) is 1. The first kappa shape index (κ1) is 13.4. The molecule has 0 fully saturated rings. The molecule has 3 N–H and O–H groups in total. The molecule has 0 spiro atoms. The van der Waals surface area contributed by atoms with Crippen LogP contribution >= 0.6 is 0 Å². The molecule has 0 aliphatic carbocycles. The summed E-state index contributed by atoms with van der Waals surface area (Å²) in [5.74, 6) is 0.871. The third-order valence-corrected chi connectivity index (χ3v) is 3.42. The summed E-state index contributed by atoms with van der Waals surface area (Å²) in [6.07, 6.45) is 1.70. The lowest BCUT2D eigenvalue weighted by Crippen LogP contribution is -2.27. The van der Waals surface area contributed by atoms with E-state index >= 15 is 0 Å². The molecule has 100 valence electrons. The van der Waals surface area contributed by atoms with Gasteiger partial charge < -0.3 is 11.1 Å². The number of hydrogen-bond donors (Lipinski definition) is 2.